The van der Waals surface area contributed by atoms with Crippen molar-refractivity contribution in [3.63, 3.8) is 0 Å². The molecular weight excluding hydrogens is 226 g/mol. The summed E-state index contributed by atoms with van der Waals surface area (Å²) in [7, 11) is 0. The van der Waals surface area contributed by atoms with Crippen LogP contribution < -0.4 is 5.32 Å². The van der Waals surface area contributed by atoms with Crippen LogP contribution in [0.1, 0.15) is 39.7 Å². The molecule has 1 atom stereocenters. The van der Waals surface area contributed by atoms with Gasteiger partial charge in [0, 0.05) is 12.0 Å². The van der Waals surface area contributed by atoms with Crippen LogP contribution in [-0.4, -0.2) is 27.9 Å². The molecule has 0 aliphatic carbocycles. The second-order valence-electron chi connectivity index (χ2n) is 6.27. The van der Waals surface area contributed by atoms with Crippen molar-refractivity contribution >= 4 is 0 Å². The average Bonchev–Trinajstić information content (AvgIpc) is 2.18. The zero-order chi connectivity index (χ0) is 13.8. The molecule has 0 bridgehead atoms. The number of rotatable bonds is 5. The third kappa shape index (κ3) is 6.03. The van der Waals surface area contributed by atoms with Crippen LogP contribution in [0.15, 0.2) is 24.3 Å². The highest BCUT2D eigenvalue weighted by atomic mass is 16.3. The quantitative estimate of drug-likeness (QED) is 0.753. The van der Waals surface area contributed by atoms with Crippen molar-refractivity contribution in [3.05, 3.63) is 29.8 Å². The van der Waals surface area contributed by atoms with E-state index in [0.29, 0.717) is 12.8 Å². The molecule has 18 heavy (non-hydrogen) atoms. The first kappa shape index (κ1) is 15.0. The lowest BCUT2D eigenvalue weighted by molar-refractivity contribution is 0.0499. The van der Waals surface area contributed by atoms with Crippen LogP contribution in [0.4, 0.5) is 0 Å². The fourth-order valence-electron chi connectivity index (χ4n) is 1.85. The largest absolute Gasteiger partial charge is 0.508 e. The first-order valence-corrected chi connectivity index (χ1v) is 6.43. The van der Waals surface area contributed by atoms with E-state index in [1.807, 2.05) is 19.1 Å². The van der Waals surface area contributed by atoms with Crippen molar-refractivity contribution in [1.29, 1.82) is 0 Å². The van der Waals surface area contributed by atoms with E-state index in [-0.39, 0.29) is 11.3 Å². The van der Waals surface area contributed by atoms with E-state index in [4.69, 9.17) is 0 Å². The maximum atomic E-state index is 10.3. The van der Waals surface area contributed by atoms with Crippen molar-refractivity contribution in [2.24, 2.45) is 0 Å². The smallest absolute Gasteiger partial charge is 0.115 e. The van der Waals surface area contributed by atoms with Gasteiger partial charge in [0.2, 0.25) is 0 Å². The van der Waals surface area contributed by atoms with Crippen molar-refractivity contribution in [3.8, 4) is 5.75 Å². The van der Waals surface area contributed by atoms with Gasteiger partial charge in [-0.2, -0.15) is 0 Å². The molecule has 3 heteroatoms. The highest BCUT2D eigenvalue weighted by molar-refractivity contribution is 5.26. The molecule has 0 aromatic heterocycles. The summed E-state index contributed by atoms with van der Waals surface area (Å²) < 4.78 is 0. The molecule has 0 amide bonds. The second kappa shape index (κ2) is 5.72. The van der Waals surface area contributed by atoms with Crippen LogP contribution in [0.2, 0.25) is 0 Å². The maximum absolute atomic E-state index is 10.3. The summed E-state index contributed by atoms with van der Waals surface area (Å²) in [4.78, 5) is 0. The molecule has 0 aliphatic rings. The van der Waals surface area contributed by atoms with Crippen LogP contribution in [0, 0.1) is 0 Å². The molecule has 0 aliphatic heterocycles. The molecule has 0 saturated heterocycles. The van der Waals surface area contributed by atoms with Crippen LogP contribution in [-0.2, 0) is 6.42 Å². The summed E-state index contributed by atoms with van der Waals surface area (Å²) in [6, 6.07) is 7.00. The van der Waals surface area contributed by atoms with Gasteiger partial charge in [-0.25, -0.2) is 0 Å². The number of phenolic OH excluding ortho intramolecular Hbond substituents is 1. The Bertz CT molecular complexity index is 363. The number of aliphatic hydroxyl groups is 1. The van der Waals surface area contributed by atoms with Gasteiger partial charge >= 0.3 is 0 Å². The molecule has 1 rings (SSSR count). The summed E-state index contributed by atoms with van der Waals surface area (Å²) >= 11 is 0. The Morgan fingerprint density at radius 3 is 2.11 bits per heavy atom. The van der Waals surface area contributed by atoms with E-state index in [9.17, 15) is 10.2 Å². The van der Waals surface area contributed by atoms with E-state index in [1.165, 1.54) is 0 Å². The summed E-state index contributed by atoms with van der Waals surface area (Å²) in [6.45, 7) is 8.98. The fourth-order valence-corrected chi connectivity index (χ4v) is 1.85. The first-order valence-electron chi connectivity index (χ1n) is 6.43. The van der Waals surface area contributed by atoms with Crippen LogP contribution in [0.25, 0.3) is 0 Å². The Balaban J connectivity index is 2.46. The molecule has 102 valence electrons. The Labute approximate surface area is 110 Å². The van der Waals surface area contributed by atoms with Crippen LogP contribution in [0.5, 0.6) is 5.75 Å². The molecule has 1 unspecified atom stereocenters. The molecule has 0 fully saturated rings. The molecule has 3 N–H and O–H groups in total. The van der Waals surface area contributed by atoms with Gasteiger partial charge in [-0.15, -0.1) is 0 Å². The Kier molecular flexibility index (Phi) is 4.77. The minimum atomic E-state index is -0.727. The summed E-state index contributed by atoms with van der Waals surface area (Å²) in [5, 5.41) is 22.9. The lowest BCUT2D eigenvalue weighted by Gasteiger charge is -2.27. The van der Waals surface area contributed by atoms with E-state index in [1.54, 1.807) is 12.1 Å². The monoisotopic (exact) mass is 251 g/mol. The van der Waals surface area contributed by atoms with Crippen LogP contribution >= 0.6 is 0 Å². The van der Waals surface area contributed by atoms with E-state index < -0.39 is 5.60 Å². The summed E-state index contributed by atoms with van der Waals surface area (Å²) in [6.07, 6.45) is 1.30. The SMILES string of the molecule is CC(O)(CCNC(C)(C)C)Cc1ccc(O)cc1. The second-order valence-corrected chi connectivity index (χ2v) is 6.27. The standard InChI is InChI=1S/C15H25NO2/c1-14(2,3)16-10-9-15(4,18)11-12-5-7-13(17)8-6-12/h5-8,16-18H,9-11H2,1-4H3. The third-order valence-electron chi connectivity index (χ3n) is 2.84. The lowest BCUT2D eigenvalue weighted by atomic mass is 9.93. The van der Waals surface area contributed by atoms with Crippen molar-refractivity contribution in [1.82, 2.24) is 5.32 Å². The summed E-state index contributed by atoms with van der Waals surface area (Å²) in [5.41, 5.74) is 0.387. The van der Waals surface area contributed by atoms with Gasteiger partial charge in [0.1, 0.15) is 5.75 Å². The zero-order valence-corrected chi connectivity index (χ0v) is 11.8. The molecule has 1 aromatic rings. The fraction of sp³-hybridized carbons (Fsp3) is 0.600. The van der Waals surface area contributed by atoms with Gasteiger partial charge < -0.3 is 15.5 Å². The molecule has 0 heterocycles. The van der Waals surface area contributed by atoms with Gasteiger partial charge in [-0.05, 0) is 58.4 Å². The van der Waals surface area contributed by atoms with Gasteiger partial charge in [0.15, 0.2) is 0 Å². The van der Waals surface area contributed by atoms with Gasteiger partial charge in [-0.3, -0.25) is 0 Å². The Morgan fingerprint density at radius 2 is 1.61 bits per heavy atom. The minimum absolute atomic E-state index is 0.0780. The number of aromatic hydroxyl groups is 1. The molecule has 1 aromatic carbocycles. The van der Waals surface area contributed by atoms with E-state index in [2.05, 4.69) is 26.1 Å². The van der Waals surface area contributed by atoms with Gasteiger partial charge in [0.25, 0.3) is 0 Å². The average molecular weight is 251 g/mol. The Morgan fingerprint density at radius 1 is 1.06 bits per heavy atom. The molecular formula is C15H25NO2. The highest BCUT2D eigenvalue weighted by Gasteiger charge is 2.21. The van der Waals surface area contributed by atoms with Crippen molar-refractivity contribution in [2.75, 3.05) is 6.54 Å². The predicted octanol–water partition coefficient (Wildman–Crippen LogP) is 2.46. The lowest BCUT2D eigenvalue weighted by Crippen LogP contribution is -2.40. The first-order chi connectivity index (χ1) is 8.18. The van der Waals surface area contributed by atoms with Gasteiger partial charge in [0.05, 0.1) is 5.60 Å². The topological polar surface area (TPSA) is 52.5 Å². The van der Waals surface area contributed by atoms with E-state index in [0.717, 1.165) is 12.1 Å². The Hall–Kier alpha value is -1.06. The van der Waals surface area contributed by atoms with Gasteiger partial charge in [-0.1, -0.05) is 12.1 Å². The molecule has 0 radical (unpaired) electrons. The molecule has 3 nitrogen and oxygen atoms in total. The molecule has 0 saturated carbocycles. The third-order valence-corrected chi connectivity index (χ3v) is 2.84. The number of benzene rings is 1. The number of nitrogens with one attached hydrogen (secondary N) is 1. The van der Waals surface area contributed by atoms with Crippen molar-refractivity contribution < 1.29 is 10.2 Å². The highest BCUT2D eigenvalue weighted by Crippen LogP contribution is 2.19. The number of hydrogen-bond acceptors (Lipinski definition) is 3. The minimum Gasteiger partial charge on any atom is -0.508 e. The van der Waals surface area contributed by atoms with E-state index >= 15 is 0 Å². The normalized spacial score (nSPS) is 15.4. The number of hydrogen-bond donors (Lipinski definition) is 3. The zero-order valence-electron chi connectivity index (χ0n) is 11.8. The van der Waals surface area contributed by atoms with Crippen LogP contribution in [0.3, 0.4) is 0 Å². The maximum Gasteiger partial charge on any atom is 0.115 e. The summed E-state index contributed by atoms with van der Waals surface area (Å²) in [5.74, 6) is 0.257. The predicted molar refractivity (Wildman–Crippen MR) is 74.8 cm³/mol. The van der Waals surface area contributed by atoms with Crippen molar-refractivity contribution in [2.45, 2.75) is 51.7 Å². The number of phenols is 1. The molecule has 0 spiro atoms.